The van der Waals surface area contributed by atoms with Crippen molar-refractivity contribution < 1.29 is 19.0 Å². The zero-order valence-electron chi connectivity index (χ0n) is 19.2. The minimum Gasteiger partial charge on any atom is -0.497 e. The number of benzene rings is 2. The summed E-state index contributed by atoms with van der Waals surface area (Å²) in [5, 5.41) is 0. The predicted octanol–water partition coefficient (Wildman–Crippen LogP) is 4.87. The number of para-hydroxylation sites is 2. The number of rotatable bonds is 5. The highest BCUT2D eigenvalue weighted by Gasteiger charge is 2.29. The maximum absolute atomic E-state index is 12.5. The topological polar surface area (TPSA) is 65.8 Å². The molecule has 1 fully saturated rings. The molecule has 0 spiro atoms. The van der Waals surface area contributed by atoms with Gasteiger partial charge >= 0.3 is 6.09 Å². The first kappa shape index (κ1) is 22.0. The van der Waals surface area contributed by atoms with Gasteiger partial charge in [-0.3, -0.25) is 4.57 Å². The van der Waals surface area contributed by atoms with E-state index < -0.39 is 5.60 Å². The zero-order valence-corrected chi connectivity index (χ0v) is 19.2. The summed E-state index contributed by atoms with van der Waals surface area (Å²) in [5.74, 6) is 0.824. The highest BCUT2D eigenvalue weighted by atomic mass is 16.6. The summed E-state index contributed by atoms with van der Waals surface area (Å²) >= 11 is 0. The van der Waals surface area contributed by atoms with Gasteiger partial charge in [0.25, 0.3) is 6.01 Å². The molecule has 0 bridgehead atoms. The average Bonchev–Trinajstić information content (AvgIpc) is 3.10. The van der Waals surface area contributed by atoms with Crippen molar-refractivity contribution in [2.75, 3.05) is 20.2 Å². The molecule has 1 atom stereocenters. The summed E-state index contributed by atoms with van der Waals surface area (Å²) < 4.78 is 19.3. The van der Waals surface area contributed by atoms with E-state index in [2.05, 4.69) is 4.57 Å². The van der Waals surface area contributed by atoms with Gasteiger partial charge in [-0.2, -0.15) is 4.98 Å². The number of amides is 1. The van der Waals surface area contributed by atoms with Crippen LogP contribution in [0.4, 0.5) is 4.79 Å². The third kappa shape index (κ3) is 5.15. The van der Waals surface area contributed by atoms with E-state index in [1.807, 2.05) is 69.3 Å². The number of aromatic nitrogens is 2. The van der Waals surface area contributed by atoms with Gasteiger partial charge in [0.05, 0.1) is 31.2 Å². The van der Waals surface area contributed by atoms with Crippen molar-refractivity contribution in [3.8, 4) is 11.8 Å². The van der Waals surface area contributed by atoms with Gasteiger partial charge in [0, 0.05) is 6.54 Å². The van der Waals surface area contributed by atoms with Gasteiger partial charge < -0.3 is 19.1 Å². The minimum absolute atomic E-state index is 0.136. The van der Waals surface area contributed by atoms with E-state index in [1.165, 1.54) is 0 Å². The van der Waals surface area contributed by atoms with Crippen LogP contribution in [0.15, 0.2) is 48.5 Å². The predicted molar refractivity (Wildman–Crippen MR) is 123 cm³/mol. The van der Waals surface area contributed by atoms with Gasteiger partial charge in [-0.15, -0.1) is 0 Å². The van der Waals surface area contributed by atoms with Gasteiger partial charge in [-0.25, -0.2) is 4.79 Å². The molecule has 170 valence electrons. The van der Waals surface area contributed by atoms with Crippen molar-refractivity contribution in [2.45, 2.75) is 51.9 Å². The van der Waals surface area contributed by atoms with E-state index in [1.54, 1.807) is 12.0 Å². The summed E-state index contributed by atoms with van der Waals surface area (Å²) in [7, 11) is 1.66. The Bertz CT molecular complexity index is 1070. The molecule has 0 radical (unpaired) electrons. The number of piperidine rings is 1. The molecule has 32 heavy (non-hydrogen) atoms. The first-order chi connectivity index (χ1) is 15.3. The Hall–Kier alpha value is -3.22. The van der Waals surface area contributed by atoms with Crippen LogP contribution in [0, 0.1) is 0 Å². The van der Waals surface area contributed by atoms with Gasteiger partial charge in [0.15, 0.2) is 0 Å². The number of nitrogens with zero attached hydrogens (tertiary/aromatic N) is 3. The quantitative estimate of drug-likeness (QED) is 0.570. The van der Waals surface area contributed by atoms with Crippen molar-refractivity contribution >= 4 is 17.1 Å². The molecule has 7 nitrogen and oxygen atoms in total. The molecule has 1 aliphatic rings. The molecule has 0 N–H and O–H groups in total. The fraction of sp³-hybridized carbons (Fsp3) is 0.440. The lowest BCUT2D eigenvalue weighted by Crippen LogP contribution is -2.46. The molecule has 1 aromatic heterocycles. The molecular weight excluding hydrogens is 406 g/mol. The van der Waals surface area contributed by atoms with Crippen LogP contribution in [-0.4, -0.2) is 52.4 Å². The van der Waals surface area contributed by atoms with Crippen LogP contribution in [0.2, 0.25) is 0 Å². The fourth-order valence-electron chi connectivity index (χ4n) is 3.89. The lowest BCUT2D eigenvalue weighted by Gasteiger charge is -2.34. The largest absolute Gasteiger partial charge is 0.497 e. The first-order valence-electron chi connectivity index (χ1n) is 11.1. The maximum atomic E-state index is 12.5. The average molecular weight is 438 g/mol. The van der Waals surface area contributed by atoms with Gasteiger partial charge in [0.2, 0.25) is 0 Å². The molecule has 2 heterocycles. The lowest BCUT2D eigenvalue weighted by atomic mass is 10.1. The second kappa shape index (κ2) is 9.10. The van der Waals surface area contributed by atoms with Crippen LogP contribution in [-0.2, 0) is 11.3 Å². The second-order valence-electron chi connectivity index (χ2n) is 9.13. The number of hydrogen-bond acceptors (Lipinski definition) is 5. The van der Waals surface area contributed by atoms with Crippen molar-refractivity contribution in [3.63, 3.8) is 0 Å². The van der Waals surface area contributed by atoms with Crippen molar-refractivity contribution in [1.82, 2.24) is 14.5 Å². The molecule has 0 saturated carbocycles. The summed E-state index contributed by atoms with van der Waals surface area (Å²) in [6.07, 6.45) is 1.30. The standard InChI is InChI=1S/C25H31N3O4/c1-25(2,3)32-24(29)27-15-7-8-20(17-27)31-23-26-21-9-5-6-10-22(21)28(23)16-18-11-13-19(30-4)14-12-18/h5-6,9-14,20H,7-8,15-17H2,1-4H3. The van der Waals surface area contributed by atoms with Gasteiger partial charge in [0.1, 0.15) is 17.5 Å². The number of likely N-dealkylation sites (tertiary alicyclic amines) is 1. The Morgan fingerprint density at radius 1 is 1.12 bits per heavy atom. The van der Waals surface area contributed by atoms with Gasteiger partial charge in [-0.1, -0.05) is 24.3 Å². The molecular formula is C25H31N3O4. The Labute approximate surface area is 188 Å². The van der Waals surface area contributed by atoms with Gasteiger partial charge in [-0.05, 0) is 63.4 Å². The van der Waals surface area contributed by atoms with E-state index in [0.717, 1.165) is 35.2 Å². The van der Waals surface area contributed by atoms with Crippen LogP contribution in [0.3, 0.4) is 0 Å². The van der Waals surface area contributed by atoms with E-state index in [0.29, 0.717) is 25.6 Å². The molecule has 2 aromatic carbocycles. The van der Waals surface area contributed by atoms with Crippen molar-refractivity contribution in [1.29, 1.82) is 0 Å². The first-order valence-corrected chi connectivity index (χ1v) is 11.1. The lowest BCUT2D eigenvalue weighted by molar-refractivity contribution is 0.00626. The second-order valence-corrected chi connectivity index (χ2v) is 9.13. The summed E-state index contributed by atoms with van der Waals surface area (Å²) in [5.41, 5.74) is 2.50. The molecule has 1 amide bonds. The molecule has 1 saturated heterocycles. The highest BCUT2D eigenvalue weighted by Crippen LogP contribution is 2.26. The Kier molecular flexibility index (Phi) is 6.26. The molecule has 1 aliphatic heterocycles. The molecule has 7 heteroatoms. The smallest absolute Gasteiger partial charge is 0.410 e. The Morgan fingerprint density at radius 2 is 1.88 bits per heavy atom. The number of fused-ring (bicyclic) bond motifs is 1. The van der Waals surface area contributed by atoms with Crippen molar-refractivity contribution in [3.05, 3.63) is 54.1 Å². The summed E-state index contributed by atoms with van der Waals surface area (Å²) in [6.45, 7) is 7.43. The fourth-order valence-corrected chi connectivity index (χ4v) is 3.89. The monoisotopic (exact) mass is 437 g/mol. The van der Waals surface area contributed by atoms with Crippen molar-refractivity contribution in [2.24, 2.45) is 0 Å². The number of ether oxygens (including phenoxy) is 3. The molecule has 4 rings (SSSR count). The summed E-state index contributed by atoms with van der Waals surface area (Å²) in [6, 6.07) is 16.6. The third-order valence-electron chi connectivity index (χ3n) is 5.42. The molecule has 0 aliphatic carbocycles. The molecule has 1 unspecified atom stereocenters. The third-order valence-corrected chi connectivity index (χ3v) is 5.42. The van der Waals surface area contributed by atoms with Crippen LogP contribution in [0.5, 0.6) is 11.8 Å². The highest BCUT2D eigenvalue weighted by molar-refractivity contribution is 5.76. The maximum Gasteiger partial charge on any atom is 0.410 e. The van der Waals surface area contributed by atoms with E-state index in [9.17, 15) is 4.79 Å². The van der Waals surface area contributed by atoms with E-state index >= 15 is 0 Å². The SMILES string of the molecule is COc1ccc(Cn2c(OC3CCCN(C(=O)OC(C)(C)C)C3)nc3ccccc32)cc1. The number of imidazole rings is 1. The van der Waals surface area contributed by atoms with E-state index in [4.69, 9.17) is 19.2 Å². The molecule has 3 aromatic rings. The number of hydrogen-bond donors (Lipinski definition) is 0. The minimum atomic E-state index is -0.517. The van der Waals surface area contributed by atoms with Crippen LogP contribution >= 0.6 is 0 Å². The van der Waals surface area contributed by atoms with E-state index in [-0.39, 0.29) is 12.2 Å². The number of carbonyl (C=O) groups is 1. The Morgan fingerprint density at radius 3 is 2.59 bits per heavy atom. The van der Waals surface area contributed by atoms with Crippen LogP contribution in [0.1, 0.15) is 39.2 Å². The number of carbonyl (C=O) groups excluding carboxylic acids is 1. The summed E-state index contributed by atoms with van der Waals surface area (Å²) in [4.78, 5) is 19.0. The number of methoxy groups -OCH3 is 1. The normalized spacial score (nSPS) is 16.8. The zero-order chi connectivity index (χ0) is 22.7. The Balaban J connectivity index is 1.54. The van der Waals surface area contributed by atoms with Crippen LogP contribution in [0.25, 0.3) is 11.0 Å². The van der Waals surface area contributed by atoms with Crippen LogP contribution < -0.4 is 9.47 Å².